The highest BCUT2D eigenvalue weighted by Gasteiger charge is 2.37. The van der Waals surface area contributed by atoms with Crippen molar-refractivity contribution in [2.24, 2.45) is 0 Å². The Balaban J connectivity index is 2.03. The first-order chi connectivity index (χ1) is 9.91. The molecule has 1 aliphatic carbocycles. The number of hydrogen-bond acceptors (Lipinski definition) is 5. The molecule has 1 saturated carbocycles. The average molecular weight is 304 g/mol. The fourth-order valence-corrected chi connectivity index (χ4v) is 2.54. The zero-order valence-corrected chi connectivity index (χ0v) is 11.7. The van der Waals surface area contributed by atoms with E-state index in [0.717, 1.165) is 0 Å². The lowest BCUT2D eigenvalue weighted by molar-refractivity contribution is -0.140. The molecule has 0 saturated heterocycles. The zero-order chi connectivity index (χ0) is 15.5. The van der Waals surface area contributed by atoms with Gasteiger partial charge in [0.2, 0.25) is 5.92 Å². The molecule has 0 radical (unpaired) electrons. The van der Waals surface area contributed by atoms with Gasteiger partial charge in [0.25, 0.3) is 0 Å². The van der Waals surface area contributed by atoms with E-state index in [0.29, 0.717) is 18.7 Å². The second-order valence-electron chi connectivity index (χ2n) is 5.30. The number of carbonyl (C=O) groups is 1. The lowest BCUT2D eigenvalue weighted by Crippen LogP contribution is -2.28. The standard InChI is InChI=1S/C12H18F2N4O3/c1-21-9(6-10(19)20)7-18-11(15-16-17-18)8-2-4-12(13,14)5-3-8/h8-9H,2-7H2,1H3,(H,19,20). The van der Waals surface area contributed by atoms with Crippen molar-refractivity contribution < 1.29 is 23.4 Å². The van der Waals surface area contributed by atoms with Crippen LogP contribution in [0.2, 0.25) is 0 Å². The Labute approximate surface area is 120 Å². The highest BCUT2D eigenvalue weighted by molar-refractivity contribution is 5.67. The lowest BCUT2D eigenvalue weighted by atomic mass is 9.86. The summed E-state index contributed by atoms with van der Waals surface area (Å²) < 4.78 is 32.9. The number of carboxylic acids is 1. The predicted octanol–water partition coefficient (Wildman–Crippen LogP) is 1.46. The van der Waals surface area contributed by atoms with Crippen LogP contribution in [0, 0.1) is 0 Å². The number of aliphatic carboxylic acids is 1. The van der Waals surface area contributed by atoms with Gasteiger partial charge in [-0.15, -0.1) is 5.10 Å². The van der Waals surface area contributed by atoms with Crippen molar-refractivity contribution in [2.45, 2.75) is 56.6 Å². The van der Waals surface area contributed by atoms with Gasteiger partial charge < -0.3 is 9.84 Å². The van der Waals surface area contributed by atoms with Gasteiger partial charge >= 0.3 is 5.97 Å². The molecule has 1 N–H and O–H groups in total. The summed E-state index contributed by atoms with van der Waals surface area (Å²) in [5.41, 5.74) is 0. The average Bonchev–Trinajstić information content (AvgIpc) is 2.85. The van der Waals surface area contributed by atoms with Crippen LogP contribution in [-0.2, 0) is 16.1 Å². The van der Waals surface area contributed by atoms with E-state index in [1.54, 1.807) is 0 Å². The van der Waals surface area contributed by atoms with E-state index < -0.39 is 18.0 Å². The summed E-state index contributed by atoms with van der Waals surface area (Å²) in [7, 11) is 1.42. The molecule has 1 heterocycles. The largest absolute Gasteiger partial charge is 0.481 e. The zero-order valence-electron chi connectivity index (χ0n) is 11.7. The normalized spacial score (nSPS) is 20.3. The number of halogens is 2. The minimum absolute atomic E-state index is 0.123. The smallest absolute Gasteiger partial charge is 0.306 e. The first-order valence-corrected chi connectivity index (χ1v) is 6.80. The summed E-state index contributed by atoms with van der Waals surface area (Å²) in [6.07, 6.45) is -0.428. The van der Waals surface area contributed by atoms with E-state index in [4.69, 9.17) is 9.84 Å². The van der Waals surface area contributed by atoms with Crippen LogP contribution in [0.25, 0.3) is 0 Å². The summed E-state index contributed by atoms with van der Waals surface area (Å²) in [5, 5.41) is 20.1. The number of nitrogens with zero attached hydrogens (tertiary/aromatic N) is 4. The maximum absolute atomic E-state index is 13.2. The fraction of sp³-hybridized carbons (Fsp3) is 0.833. The third-order valence-corrected chi connectivity index (χ3v) is 3.75. The second kappa shape index (κ2) is 6.42. The second-order valence-corrected chi connectivity index (χ2v) is 5.30. The molecule has 118 valence electrons. The monoisotopic (exact) mass is 304 g/mol. The Hall–Kier alpha value is -1.64. The Morgan fingerprint density at radius 3 is 2.76 bits per heavy atom. The number of aromatic nitrogens is 4. The number of alkyl halides is 2. The van der Waals surface area contributed by atoms with Crippen LogP contribution in [0.3, 0.4) is 0 Å². The molecular weight excluding hydrogens is 286 g/mol. The highest BCUT2D eigenvalue weighted by atomic mass is 19.3. The number of ether oxygens (including phenoxy) is 1. The van der Waals surface area contributed by atoms with E-state index >= 15 is 0 Å². The highest BCUT2D eigenvalue weighted by Crippen LogP contribution is 2.40. The van der Waals surface area contributed by atoms with Crippen molar-refractivity contribution >= 4 is 5.97 Å². The molecule has 1 unspecified atom stereocenters. The minimum atomic E-state index is -2.60. The van der Waals surface area contributed by atoms with Gasteiger partial charge in [-0.1, -0.05) is 0 Å². The molecule has 0 spiro atoms. The van der Waals surface area contributed by atoms with E-state index in [-0.39, 0.29) is 31.7 Å². The first kappa shape index (κ1) is 15.7. The Morgan fingerprint density at radius 2 is 2.19 bits per heavy atom. The summed E-state index contributed by atoms with van der Waals surface area (Å²) in [6, 6.07) is 0. The number of hydrogen-bond donors (Lipinski definition) is 1. The van der Waals surface area contributed by atoms with E-state index in [2.05, 4.69) is 15.5 Å². The fourth-order valence-electron chi connectivity index (χ4n) is 2.54. The molecular formula is C12H18F2N4O3. The van der Waals surface area contributed by atoms with Crippen LogP contribution in [0.1, 0.15) is 43.8 Å². The van der Waals surface area contributed by atoms with Crippen LogP contribution in [0.5, 0.6) is 0 Å². The minimum Gasteiger partial charge on any atom is -0.481 e. The van der Waals surface area contributed by atoms with E-state index in [9.17, 15) is 13.6 Å². The summed E-state index contributed by atoms with van der Waals surface area (Å²) in [6.45, 7) is 0.192. The number of rotatable bonds is 6. The lowest BCUT2D eigenvalue weighted by Gasteiger charge is -2.27. The van der Waals surface area contributed by atoms with Crippen molar-refractivity contribution in [1.82, 2.24) is 20.2 Å². The van der Waals surface area contributed by atoms with Gasteiger partial charge in [0, 0.05) is 25.9 Å². The van der Waals surface area contributed by atoms with Crippen molar-refractivity contribution in [3.05, 3.63) is 5.82 Å². The van der Waals surface area contributed by atoms with Gasteiger partial charge in [0.1, 0.15) is 0 Å². The van der Waals surface area contributed by atoms with Gasteiger partial charge in [-0.05, 0) is 23.3 Å². The predicted molar refractivity (Wildman–Crippen MR) is 67.0 cm³/mol. The number of methoxy groups -OCH3 is 1. The molecule has 0 amide bonds. The molecule has 2 rings (SSSR count). The van der Waals surface area contributed by atoms with Gasteiger partial charge in [-0.3, -0.25) is 4.79 Å². The molecule has 9 heteroatoms. The van der Waals surface area contributed by atoms with Crippen LogP contribution in [-0.4, -0.2) is 50.4 Å². The van der Waals surface area contributed by atoms with Gasteiger partial charge in [0.15, 0.2) is 5.82 Å². The third kappa shape index (κ3) is 4.16. The Kier molecular flexibility index (Phi) is 4.81. The Bertz CT molecular complexity index is 485. The molecule has 7 nitrogen and oxygen atoms in total. The van der Waals surface area contributed by atoms with Crippen LogP contribution < -0.4 is 0 Å². The SMILES string of the molecule is COC(CC(=O)O)Cn1nnnc1C1CCC(F)(F)CC1. The third-order valence-electron chi connectivity index (χ3n) is 3.75. The molecule has 0 bridgehead atoms. The summed E-state index contributed by atoms with van der Waals surface area (Å²) in [4.78, 5) is 10.7. The maximum Gasteiger partial charge on any atom is 0.306 e. The quantitative estimate of drug-likeness (QED) is 0.855. The molecule has 0 aromatic carbocycles. The molecule has 1 fully saturated rings. The molecule has 1 aromatic rings. The van der Waals surface area contributed by atoms with Crippen LogP contribution in [0.4, 0.5) is 8.78 Å². The Morgan fingerprint density at radius 1 is 1.52 bits per heavy atom. The van der Waals surface area contributed by atoms with E-state index in [1.807, 2.05) is 0 Å². The van der Waals surface area contributed by atoms with Gasteiger partial charge in [-0.25, -0.2) is 13.5 Å². The van der Waals surface area contributed by atoms with Gasteiger partial charge in [0.05, 0.1) is 19.1 Å². The maximum atomic E-state index is 13.2. The van der Waals surface area contributed by atoms with Gasteiger partial charge in [-0.2, -0.15) is 0 Å². The van der Waals surface area contributed by atoms with Crippen molar-refractivity contribution in [3.8, 4) is 0 Å². The summed E-state index contributed by atoms with van der Waals surface area (Å²) in [5.74, 6) is -3.18. The summed E-state index contributed by atoms with van der Waals surface area (Å²) >= 11 is 0. The topological polar surface area (TPSA) is 90.1 Å². The van der Waals surface area contributed by atoms with Crippen molar-refractivity contribution in [3.63, 3.8) is 0 Å². The molecule has 1 atom stereocenters. The van der Waals surface area contributed by atoms with E-state index in [1.165, 1.54) is 11.8 Å². The van der Waals surface area contributed by atoms with Crippen LogP contribution >= 0.6 is 0 Å². The first-order valence-electron chi connectivity index (χ1n) is 6.80. The molecule has 0 aliphatic heterocycles. The molecule has 1 aliphatic rings. The molecule has 21 heavy (non-hydrogen) atoms. The molecule has 1 aromatic heterocycles. The van der Waals surface area contributed by atoms with Crippen LogP contribution in [0.15, 0.2) is 0 Å². The number of tetrazole rings is 1. The van der Waals surface area contributed by atoms with Crippen molar-refractivity contribution in [2.75, 3.05) is 7.11 Å². The number of carboxylic acid groups (broad SMARTS) is 1. The van der Waals surface area contributed by atoms with Crippen molar-refractivity contribution in [1.29, 1.82) is 0 Å².